The summed E-state index contributed by atoms with van der Waals surface area (Å²) >= 11 is 0. The Kier molecular flexibility index (Phi) is 5.15. The number of allylic oxidation sites excluding steroid dienone is 4. The Morgan fingerprint density at radius 3 is 2.49 bits per heavy atom. The number of hydrogen-bond acceptors (Lipinski definition) is 6. The molecule has 2 aliphatic carbocycles. The third kappa shape index (κ3) is 3.73. The zero-order valence-electron chi connectivity index (χ0n) is 20.9. The number of aryl methyl sites for hydroxylation is 1. The summed E-state index contributed by atoms with van der Waals surface area (Å²) in [7, 11) is 0. The van der Waals surface area contributed by atoms with E-state index in [4.69, 9.17) is 10.7 Å². The quantitative estimate of drug-likeness (QED) is 0.418. The Hall–Kier alpha value is -3.97. The van der Waals surface area contributed by atoms with Crippen LogP contribution in [-0.4, -0.2) is 29.7 Å². The minimum Gasteiger partial charge on any atom is -0.321 e. The Morgan fingerprint density at radius 1 is 0.973 bits per heavy atom. The maximum Gasteiger partial charge on any atom is 0.202 e. The molecule has 4 aromatic rings. The van der Waals surface area contributed by atoms with Crippen molar-refractivity contribution in [3.8, 4) is 34.3 Å². The van der Waals surface area contributed by atoms with Gasteiger partial charge in [-0.1, -0.05) is 49.4 Å². The molecule has 1 aromatic carbocycles. The molecule has 1 aliphatic heterocycles. The molecule has 7 heteroatoms. The molecule has 3 aliphatic rings. The lowest BCUT2D eigenvalue weighted by molar-refractivity contribution is 0.164. The van der Waals surface area contributed by atoms with Crippen molar-refractivity contribution in [2.24, 2.45) is 11.7 Å². The first kappa shape index (κ1) is 22.2. The van der Waals surface area contributed by atoms with Crippen LogP contribution in [0.4, 0.5) is 0 Å². The van der Waals surface area contributed by atoms with E-state index in [1.165, 1.54) is 11.1 Å². The molecule has 0 unspecified atom stereocenters. The number of hydrogen-bond donors (Lipinski definition) is 1. The van der Waals surface area contributed by atoms with Gasteiger partial charge in [-0.3, -0.25) is 4.98 Å². The molecule has 0 bridgehead atoms. The molecule has 37 heavy (non-hydrogen) atoms. The molecule has 0 atom stereocenters. The van der Waals surface area contributed by atoms with Gasteiger partial charge in [-0.2, -0.15) is 0 Å². The third-order valence-corrected chi connectivity index (χ3v) is 7.90. The highest BCUT2D eigenvalue weighted by Crippen LogP contribution is 2.44. The molecule has 184 valence electrons. The summed E-state index contributed by atoms with van der Waals surface area (Å²) in [6.45, 7) is 3.01. The van der Waals surface area contributed by atoms with E-state index in [1.54, 1.807) is 12.4 Å². The molecule has 0 amide bonds. The summed E-state index contributed by atoms with van der Waals surface area (Å²) in [6, 6.07) is 12.8. The molecule has 7 rings (SSSR count). The normalized spacial score (nSPS) is 22.1. The number of aromatic nitrogens is 6. The van der Waals surface area contributed by atoms with Crippen LogP contribution >= 0.6 is 0 Å². The molecule has 0 radical (unpaired) electrons. The van der Waals surface area contributed by atoms with E-state index in [2.05, 4.69) is 80.2 Å². The van der Waals surface area contributed by atoms with Crippen molar-refractivity contribution in [1.29, 1.82) is 0 Å². The summed E-state index contributed by atoms with van der Waals surface area (Å²) in [5.41, 5.74) is 14.2. The maximum atomic E-state index is 6.67. The predicted octanol–water partition coefficient (Wildman–Crippen LogP) is 5.34. The van der Waals surface area contributed by atoms with Crippen molar-refractivity contribution in [3.05, 3.63) is 83.8 Å². The van der Waals surface area contributed by atoms with E-state index in [-0.39, 0.29) is 5.54 Å². The molecular weight excluding hydrogens is 458 g/mol. The molecule has 1 saturated carbocycles. The first-order valence-corrected chi connectivity index (χ1v) is 13.1. The fourth-order valence-electron chi connectivity index (χ4n) is 6.08. The molecule has 4 heterocycles. The number of nitrogens with zero attached hydrogens (tertiary/aromatic N) is 6. The SMILES string of the molecule is CC1CC(N)(c2ccc(-c3nc4c(cc3C3=CCCC=C3)-c3nnc(-c5ncccn5)n3CC4)cc2)C1. The second-order valence-corrected chi connectivity index (χ2v) is 10.6. The monoisotopic (exact) mass is 487 g/mol. The lowest BCUT2D eigenvalue weighted by Gasteiger charge is -2.44. The number of benzene rings is 1. The molecule has 2 N–H and O–H groups in total. The first-order chi connectivity index (χ1) is 18.1. The minimum absolute atomic E-state index is 0.192. The standard InChI is InChI=1S/C30H29N7/c1-19-17-30(31,18-19)22-10-8-21(9-11-22)26-23(20-6-3-2-4-7-20)16-24-25(34-26)12-15-37-28(24)35-36-29(37)27-32-13-5-14-33-27/h3,5-11,13-14,16,19H,2,4,12,15,17-18,31H2,1H3. The molecule has 0 spiro atoms. The minimum atomic E-state index is -0.192. The molecule has 0 saturated heterocycles. The van der Waals surface area contributed by atoms with Crippen molar-refractivity contribution in [1.82, 2.24) is 29.7 Å². The molecule has 7 nitrogen and oxygen atoms in total. The van der Waals surface area contributed by atoms with Crippen LogP contribution in [0.2, 0.25) is 0 Å². The largest absolute Gasteiger partial charge is 0.321 e. The van der Waals surface area contributed by atoms with Gasteiger partial charge in [-0.05, 0) is 54.9 Å². The Morgan fingerprint density at radius 2 is 1.76 bits per heavy atom. The van der Waals surface area contributed by atoms with Gasteiger partial charge in [0.15, 0.2) is 11.6 Å². The van der Waals surface area contributed by atoms with Gasteiger partial charge < -0.3 is 10.3 Å². The predicted molar refractivity (Wildman–Crippen MR) is 144 cm³/mol. The highest BCUT2D eigenvalue weighted by atomic mass is 15.3. The zero-order valence-corrected chi connectivity index (χ0v) is 20.9. The van der Waals surface area contributed by atoms with Gasteiger partial charge in [0.05, 0.1) is 11.4 Å². The molecular formula is C30H29N7. The average Bonchev–Trinajstić information content (AvgIpc) is 3.37. The first-order valence-electron chi connectivity index (χ1n) is 13.1. The topological polar surface area (TPSA) is 95.4 Å². The van der Waals surface area contributed by atoms with Gasteiger partial charge in [0.1, 0.15) is 0 Å². The van der Waals surface area contributed by atoms with Gasteiger partial charge in [0.25, 0.3) is 0 Å². The van der Waals surface area contributed by atoms with E-state index in [0.717, 1.165) is 72.6 Å². The van der Waals surface area contributed by atoms with Crippen molar-refractivity contribution in [2.75, 3.05) is 0 Å². The van der Waals surface area contributed by atoms with Crippen LogP contribution in [0.1, 0.15) is 49.4 Å². The van der Waals surface area contributed by atoms with E-state index in [1.807, 2.05) is 6.07 Å². The van der Waals surface area contributed by atoms with Crippen molar-refractivity contribution < 1.29 is 0 Å². The smallest absolute Gasteiger partial charge is 0.202 e. The van der Waals surface area contributed by atoms with Crippen LogP contribution in [0.5, 0.6) is 0 Å². The fraction of sp³-hybridized carbons (Fsp3) is 0.300. The van der Waals surface area contributed by atoms with E-state index >= 15 is 0 Å². The number of rotatable bonds is 4. The molecule has 1 fully saturated rings. The Labute approximate surface area is 216 Å². The third-order valence-electron chi connectivity index (χ3n) is 7.90. The second-order valence-electron chi connectivity index (χ2n) is 10.6. The summed E-state index contributed by atoms with van der Waals surface area (Å²) < 4.78 is 2.11. The number of pyridine rings is 1. The van der Waals surface area contributed by atoms with Crippen molar-refractivity contribution in [3.63, 3.8) is 0 Å². The van der Waals surface area contributed by atoms with Crippen LogP contribution in [0, 0.1) is 5.92 Å². The number of nitrogens with two attached hydrogens (primary N) is 1. The van der Waals surface area contributed by atoms with Crippen LogP contribution in [0.25, 0.3) is 39.9 Å². The van der Waals surface area contributed by atoms with E-state index in [0.29, 0.717) is 17.6 Å². The lowest BCUT2D eigenvalue weighted by atomic mass is 9.66. The maximum absolute atomic E-state index is 6.67. The molecule has 3 aromatic heterocycles. The van der Waals surface area contributed by atoms with E-state index in [9.17, 15) is 0 Å². The van der Waals surface area contributed by atoms with Crippen LogP contribution < -0.4 is 5.73 Å². The summed E-state index contributed by atoms with van der Waals surface area (Å²) in [5, 5.41) is 9.03. The van der Waals surface area contributed by atoms with Gasteiger partial charge in [-0.15, -0.1) is 10.2 Å². The van der Waals surface area contributed by atoms with E-state index < -0.39 is 0 Å². The van der Waals surface area contributed by atoms with Crippen LogP contribution in [-0.2, 0) is 18.5 Å². The highest BCUT2D eigenvalue weighted by Gasteiger charge is 2.39. The highest BCUT2D eigenvalue weighted by molar-refractivity contribution is 5.87. The Bertz CT molecular complexity index is 1540. The number of fused-ring (bicyclic) bond motifs is 3. The zero-order chi connectivity index (χ0) is 25.0. The second kappa shape index (κ2) is 8.56. The average molecular weight is 488 g/mol. The van der Waals surface area contributed by atoms with Crippen molar-refractivity contribution >= 4 is 5.57 Å². The van der Waals surface area contributed by atoms with Gasteiger partial charge in [-0.25, -0.2) is 9.97 Å². The van der Waals surface area contributed by atoms with Gasteiger partial charge >= 0.3 is 0 Å². The lowest BCUT2D eigenvalue weighted by Crippen LogP contribution is -2.47. The Balaban J connectivity index is 1.34. The van der Waals surface area contributed by atoms with Crippen LogP contribution in [0.15, 0.2) is 67.0 Å². The fourth-order valence-corrected chi connectivity index (χ4v) is 6.08. The summed E-state index contributed by atoms with van der Waals surface area (Å²) in [6.07, 6.45) is 15.2. The van der Waals surface area contributed by atoms with Crippen molar-refractivity contribution in [2.45, 2.75) is 51.1 Å². The summed E-state index contributed by atoms with van der Waals surface area (Å²) in [4.78, 5) is 14.0. The van der Waals surface area contributed by atoms with Gasteiger partial charge in [0, 0.05) is 47.6 Å². The van der Waals surface area contributed by atoms with Gasteiger partial charge in [0.2, 0.25) is 5.82 Å². The summed E-state index contributed by atoms with van der Waals surface area (Å²) in [5.74, 6) is 2.80. The van der Waals surface area contributed by atoms with Crippen LogP contribution in [0.3, 0.4) is 0 Å².